The molecule has 3 atom stereocenters. The number of hydrogen-bond donors (Lipinski definition) is 2. The van der Waals surface area contributed by atoms with Crippen molar-refractivity contribution in [3.8, 4) is 5.75 Å². The molecule has 3 aromatic rings. The fourth-order valence-electron chi connectivity index (χ4n) is 5.35. The Kier molecular flexibility index (Phi) is 4.36. The number of nitrogens with one attached hydrogen (secondary N) is 1. The van der Waals surface area contributed by atoms with Gasteiger partial charge in [0.25, 0.3) is 0 Å². The summed E-state index contributed by atoms with van der Waals surface area (Å²) >= 11 is 0. The Labute approximate surface area is 170 Å². The summed E-state index contributed by atoms with van der Waals surface area (Å²) in [6, 6.07) is 12.1. The number of H-pyrrole nitrogens is 1. The first-order chi connectivity index (χ1) is 14.1. The molecule has 5 nitrogen and oxygen atoms in total. The standard InChI is InChI=1S/C24H26N2O3/c1-14-11-21(29-2)20(19-9-10-25-22(14)19)13-26-12-17-7-8-18(17)23(26)15-3-5-16(6-4-15)24(27)28/h3-6,9-11,17-18,23,25H,7-8,12-13H2,1-2H3,(H,27,28). The zero-order valence-corrected chi connectivity index (χ0v) is 16.8. The van der Waals surface area contributed by atoms with Crippen molar-refractivity contribution in [2.75, 3.05) is 13.7 Å². The highest BCUT2D eigenvalue weighted by Crippen LogP contribution is 2.52. The predicted molar refractivity (Wildman–Crippen MR) is 112 cm³/mol. The van der Waals surface area contributed by atoms with Gasteiger partial charge in [-0.25, -0.2) is 4.79 Å². The van der Waals surface area contributed by atoms with Crippen molar-refractivity contribution in [2.45, 2.75) is 32.4 Å². The molecule has 0 spiro atoms. The molecule has 0 amide bonds. The van der Waals surface area contributed by atoms with Gasteiger partial charge in [0.05, 0.1) is 12.7 Å². The summed E-state index contributed by atoms with van der Waals surface area (Å²) in [5, 5.41) is 10.4. The molecule has 1 saturated carbocycles. The van der Waals surface area contributed by atoms with E-state index in [-0.39, 0.29) is 0 Å². The summed E-state index contributed by atoms with van der Waals surface area (Å²) in [6.07, 6.45) is 4.53. The second-order valence-electron chi connectivity index (χ2n) is 8.44. The van der Waals surface area contributed by atoms with Gasteiger partial charge >= 0.3 is 5.97 Å². The van der Waals surface area contributed by atoms with Crippen LogP contribution in [0.2, 0.25) is 0 Å². The van der Waals surface area contributed by atoms with Gasteiger partial charge in [0.1, 0.15) is 5.75 Å². The van der Waals surface area contributed by atoms with Crippen molar-refractivity contribution in [2.24, 2.45) is 11.8 Å². The van der Waals surface area contributed by atoms with E-state index in [4.69, 9.17) is 4.74 Å². The number of rotatable bonds is 5. The molecular formula is C24H26N2O3. The molecule has 0 radical (unpaired) electrons. The number of benzene rings is 2. The summed E-state index contributed by atoms with van der Waals surface area (Å²) in [4.78, 5) is 17.2. The lowest BCUT2D eigenvalue weighted by molar-refractivity contribution is 0.0697. The fraction of sp³-hybridized carbons (Fsp3) is 0.375. The lowest BCUT2D eigenvalue weighted by Crippen LogP contribution is -2.27. The largest absolute Gasteiger partial charge is 0.496 e. The van der Waals surface area contributed by atoms with E-state index in [1.54, 1.807) is 19.2 Å². The summed E-state index contributed by atoms with van der Waals surface area (Å²) in [7, 11) is 1.74. The van der Waals surface area contributed by atoms with Crippen LogP contribution in [0.25, 0.3) is 10.9 Å². The van der Waals surface area contributed by atoms with E-state index >= 15 is 0 Å². The highest BCUT2D eigenvalue weighted by Gasteiger charge is 2.47. The van der Waals surface area contributed by atoms with Crippen LogP contribution in [0.5, 0.6) is 5.75 Å². The highest BCUT2D eigenvalue weighted by molar-refractivity contribution is 5.88. The molecule has 2 aliphatic rings. The van der Waals surface area contributed by atoms with Crippen molar-refractivity contribution in [3.63, 3.8) is 0 Å². The lowest BCUT2D eigenvalue weighted by Gasteiger charge is -2.34. The molecule has 5 rings (SSSR count). The number of hydrogen-bond acceptors (Lipinski definition) is 3. The Morgan fingerprint density at radius 3 is 2.69 bits per heavy atom. The van der Waals surface area contributed by atoms with Gasteiger partial charge in [-0.1, -0.05) is 12.1 Å². The maximum atomic E-state index is 11.2. The molecule has 2 aromatic carbocycles. The third-order valence-electron chi connectivity index (χ3n) is 6.94. The second-order valence-corrected chi connectivity index (χ2v) is 8.44. The van der Waals surface area contributed by atoms with Crippen LogP contribution < -0.4 is 4.74 Å². The average Bonchev–Trinajstić information content (AvgIpc) is 3.28. The Morgan fingerprint density at radius 2 is 2.03 bits per heavy atom. The van der Waals surface area contributed by atoms with Crippen LogP contribution >= 0.6 is 0 Å². The first-order valence-corrected chi connectivity index (χ1v) is 10.3. The number of likely N-dealkylation sites (tertiary alicyclic amines) is 1. The first-order valence-electron chi connectivity index (χ1n) is 10.3. The van der Waals surface area contributed by atoms with Crippen LogP contribution in [0.4, 0.5) is 0 Å². The van der Waals surface area contributed by atoms with Gasteiger partial charge < -0.3 is 14.8 Å². The Bertz CT molecular complexity index is 1070. The molecule has 5 heteroatoms. The quantitative estimate of drug-likeness (QED) is 0.659. The van der Waals surface area contributed by atoms with Crippen LogP contribution in [0.3, 0.4) is 0 Å². The minimum absolute atomic E-state index is 0.330. The monoisotopic (exact) mass is 390 g/mol. The van der Waals surface area contributed by atoms with E-state index in [1.807, 2.05) is 18.3 Å². The molecule has 1 aliphatic heterocycles. The number of carbonyl (C=O) groups is 1. The third kappa shape index (κ3) is 2.92. The summed E-state index contributed by atoms with van der Waals surface area (Å²) in [5.41, 5.74) is 5.15. The molecule has 2 fully saturated rings. The number of carboxylic acid groups (broad SMARTS) is 1. The predicted octanol–water partition coefficient (Wildman–Crippen LogP) is 4.77. The first kappa shape index (κ1) is 18.3. The minimum Gasteiger partial charge on any atom is -0.496 e. The number of methoxy groups -OCH3 is 1. The number of aromatic nitrogens is 1. The maximum Gasteiger partial charge on any atom is 0.335 e. The van der Waals surface area contributed by atoms with Crippen LogP contribution in [0.15, 0.2) is 42.6 Å². The number of fused-ring (bicyclic) bond motifs is 2. The number of aryl methyl sites for hydroxylation is 1. The number of aromatic amines is 1. The lowest BCUT2D eigenvalue weighted by atomic mass is 9.71. The Hall–Kier alpha value is -2.79. The van der Waals surface area contributed by atoms with E-state index in [0.717, 1.165) is 24.8 Å². The Balaban J connectivity index is 1.52. The zero-order chi connectivity index (χ0) is 20.1. The summed E-state index contributed by atoms with van der Waals surface area (Å²) < 4.78 is 5.76. The number of ether oxygens (including phenoxy) is 1. The van der Waals surface area contributed by atoms with Crippen LogP contribution in [0, 0.1) is 18.8 Å². The van der Waals surface area contributed by atoms with E-state index in [0.29, 0.717) is 17.5 Å². The van der Waals surface area contributed by atoms with Crippen molar-refractivity contribution >= 4 is 16.9 Å². The van der Waals surface area contributed by atoms with Gasteiger partial charge in [-0.2, -0.15) is 0 Å². The molecule has 2 heterocycles. The van der Waals surface area contributed by atoms with Crippen LogP contribution in [-0.2, 0) is 6.54 Å². The Morgan fingerprint density at radius 1 is 1.24 bits per heavy atom. The molecule has 1 aliphatic carbocycles. The SMILES string of the molecule is COc1cc(C)c2[nH]ccc2c1CN1CC2CCC2C1c1ccc(C(=O)O)cc1. The van der Waals surface area contributed by atoms with Crippen LogP contribution in [0.1, 0.15) is 45.9 Å². The molecular weight excluding hydrogens is 364 g/mol. The van der Waals surface area contributed by atoms with Gasteiger partial charge in [0.2, 0.25) is 0 Å². The van der Waals surface area contributed by atoms with Gasteiger partial charge in [-0.05, 0) is 67.0 Å². The van der Waals surface area contributed by atoms with Gasteiger partial charge in [-0.3, -0.25) is 4.90 Å². The topological polar surface area (TPSA) is 65.6 Å². The van der Waals surface area contributed by atoms with E-state index in [1.165, 1.54) is 40.4 Å². The molecule has 150 valence electrons. The average molecular weight is 390 g/mol. The number of nitrogens with zero attached hydrogens (tertiary/aromatic N) is 1. The molecule has 1 aromatic heterocycles. The van der Waals surface area contributed by atoms with Crippen molar-refractivity contribution < 1.29 is 14.6 Å². The van der Waals surface area contributed by atoms with Gasteiger partial charge in [0, 0.05) is 41.8 Å². The maximum absolute atomic E-state index is 11.2. The highest BCUT2D eigenvalue weighted by atomic mass is 16.5. The fourth-order valence-corrected chi connectivity index (χ4v) is 5.35. The third-order valence-corrected chi connectivity index (χ3v) is 6.94. The second kappa shape index (κ2) is 6.92. The van der Waals surface area contributed by atoms with Gasteiger partial charge in [-0.15, -0.1) is 0 Å². The molecule has 2 N–H and O–H groups in total. The smallest absolute Gasteiger partial charge is 0.335 e. The minimum atomic E-state index is -0.874. The van der Waals surface area contributed by atoms with E-state index in [9.17, 15) is 9.90 Å². The summed E-state index contributed by atoms with van der Waals surface area (Å²) in [5.74, 6) is 1.45. The number of carboxylic acids is 1. The molecule has 1 saturated heterocycles. The summed E-state index contributed by atoms with van der Waals surface area (Å²) in [6.45, 7) is 4.02. The van der Waals surface area contributed by atoms with E-state index < -0.39 is 5.97 Å². The van der Waals surface area contributed by atoms with Crippen molar-refractivity contribution in [1.82, 2.24) is 9.88 Å². The number of aromatic carboxylic acids is 1. The van der Waals surface area contributed by atoms with E-state index in [2.05, 4.69) is 28.9 Å². The van der Waals surface area contributed by atoms with Crippen molar-refractivity contribution in [1.29, 1.82) is 0 Å². The molecule has 3 unspecified atom stereocenters. The molecule has 29 heavy (non-hydrogen) atoms. The van der Waals surface area contributed by atoms with Gasteiger partial charge in [0.15, 0.2) is 0 Å². The van der Waals surface area contributed by atoms with Crippen LogP contribution in [-0.4, -0.2) is 34.6 Å². The molecule has 0 bridgehead atoms. The van der Waals surface area contributed by atoms with Crippen molar-refractivity contribution in [3.05, 3.63) is 64.8 Å². The zero-order valence-electron chi connectivity index (χ0n) is 16.8. The normalized spacial score (nSPS) is 23.7.